The molecule has 8 heteroatoms. The number of hydrogen-bond donors (Lipinski definition) is 1. The van der Waals surface area contributed by atoms with Crippen LogP contribution in [0.2, 0.25) is 15.1 Å². The molecular formula is C12H6Cl3N3O2. The monoisotopic (exact) mass is 329 g/mol. The molecule has 102 valence electrons. The van der Waals surface area contributed by atoms with Gasteiger partial charge >= 0.3 is 0 Å². The number of rotatable bonds is 2. The molecule has 0 fully saturated rings. The van der Waals surface area contributed by atoms with E-state index in [9.17, 15) is 0 Å². The molecular weight excluding hydrogens is 325 g/mol. The Bertz CT molecular complexity index is 804. The van der Waals surface area contributed by atoms with Crippen molar-refractivity contribution < 1.29 is 9.37 Å². The summed E-state index contributed by atoms with van der Waals surface area (Å²) in [5, 5.41) is 8.45. The zero-order valence-electron chi connectivity index (χ0n) is 9.73. The van der Waals surface area contributed by atoms with E-state index < -0.39 is 0 Å². The highest BCUT2D eigenvalue weighted by molar-refractivity contribution is 6.43. The molecule has 0 saturated carbocycles. The molecule has 1 aromatic heterocycles. The lowest BCUT2D eigenvalue weighted by Gasteiger charge is -2.09. The fraction of sp³-hybridized carbons (Fsp3) is 0. The van der Waals surface area contributed by atoms with Gasteiger partial charge < -0.3 is 10.5 Å². The van der Waals surface area contributed by atoms with E-state index in [-0.39, 0.29) is 0 Å². The van der Waals surface area contributed by atoms with Crippen molar-refractivity contribution in [1.82, 2.24) is 10.3 Å². The number of ether oxygens (including phenoxy) is 1. The maximum absolute atomic E-state index is 6.06. The van der Waals surface area contributed by atoms with Crippen LogP contribution in [0.3, 0.4) is 0 Å². The molecule has 0 saturated heterocycles. The summed E-state index contributed by atoms with van der Waals surface area (Å²) in [6.45, 7) is 0. The lowest BCUT2D eigenvalue weighted by atomic mass is 10.2. The molecule has 0 aliphatic heterocycles. The minimum atomic E-state index is 0.320. The first-order valence-electron chi connectivity index (χ1n) is 5.39. The minimum Gasteiger partial charge on any atom is -0.453 e. The number of nitrogens with two attached hydrogens (primary N) is 1. The second-order valence-electron chi connectivity index (χ2n) is 3.91. The van der Waals surface area contributed by atoms with Crippen molar-refractivity contribution in [2.45, 2.75) is 0 Å². The third kappa shape index (κ3) is 2.24. The Morgan fingerprint density at radius 2 is 1.60 bits per heavy atom. The van der Waals surface area contributed by atoms with E-state index in [1.165, 1.54) is 12.1 Å². The van der Waals surface area contributed by atoms with E-state index in [0.29, 0.717) is 43.3 Å². The number of benzene rings is 2. The highest BCUT2D eigenvalue weighted by Crippen LogP contribution is 2.38. The summed E-state index contributed by atoms with van der Waals surface area (Å²) in [5.74, 6) is 0.742. The van der Waals surface area contributed by atoms with Gasteiger partial charge in [-0.2, -0.15) is 0 Å². The molecule has 0 aliphatic carbocycles. The summed E-state index contributed by atoms with van der Waals surface area (Å²) in [6.07, 6.45) is 0. The maximum atomic E-state index is 6.06. The minimum absolute atomic E-state index is 0.320. The first-order valence-corrected chi connectivity index (χ1v) is 6.53. The van der Waals surface area contributed by atoms with Gasteiger partial charge in [-0.05, 0) is 28.5 Å². The predicted molar refractivity (Wildman–Crippen MR) is 77.8 cm³/mol. The predicted octanol–water partition coefficient (Wildman–Crippen LogP) is 4.56. The first-order chi connectivity index (χ1) is 9.56. The topological polar surface area (TPSA) is 74.2 Å². The molecule has 0 aliphatic rings. The molecule has 0 amide bonds. The van der Waals surface area contributed by atoms with Gasteiger partial charge in [0.05, 0.1) is 20.8 Å². The molecule has 3 aromatic rings. The van der Waals surface area contributed by atoms with Gasteiger partial charge in [0.15, 0.2) is 16.8 Å². The second-order valence-corrected chi connectivity index (χ2v) is 5.13. The molecule has 3 rings (SSSR count). The van der Waals surface area contributed by atoms with E-state index in [1.807, 2.05) is 0 Å². The summed E-state index contributed by atoms with van der Waals surface area (Å²) in [4.78, 5) is 0. The average Bonchev–Trinajstić information content (AvgIpc) is 2.89. The summed E-state index contributed by atoms with van der Waals surface area (Å²) in [5.41, 5.74) is 7.00. The van der Waals surface area contributed by atoms with E-state index in [0.717, 1.165) is 0 Å². The van der Waals surface area contributed by atoms with Gasteiger partial charge in [0.1, 0.15) is 5.75 Å². The van der Waals surface area contributed by atoms with Gasteiger partial charge in [-0.1, -0.05) is 34.8 Å². The summed E-state index contributed by atoms with van der Waals surface area (Å²) < 4.78 is 10.3. The molecule has 5 nitrogen and oxygen atoms in total. The molecule has 0 spiro atoms. The highest BCUT2D eigenvalue weighted by atomic mass is 35.5. The molecule has 0 atom stereocenters. The Labute approximate surface area is 128 Å². The van der Waals surface area contributed by atoms with Gasteiger partial charge in [-0.15, -0.1) is 0 Å². The van der Waals surface area contributed by atoms with Gasteiger partial charge in [-0.25, -0.2) is 4.63 Å². The van der Waals surface area contributed by atoms with Gasteiger partial charge in [-0.3, -0.25) is 0 Å². The number of hydrogen-bond acceptors (Lipinski definition) is 5. The lowest BCUT2D eigenvalue weighted by molar-refractivity contribution is 0.314. The Balaban J connectivity index is 2.08. The number of fused-ring (bicyclic) bond motifs is 1. The van der Waals surface area contributed by atoms with E-state index >= 15 is 0 Å². The van der Waals surface area contributed by atoms with Crippen LogP contribution in [-0.2, 0) is 0 Å². The zero-order chi connectivity index (χ0) is 14.3. The zero-order valence-corrected chi connectivity index (χ0v) is 12.0. The van der Waals surface area contributed by atoms with Crippen molar-refractivity contribution in [3.8, 4) is 11.5 Å². The number of halogens is 3. The Kier molecular flexibility index (Phi) is 3.33. The molecule has 20 heavy (non-hydrogen) atoms. The van der Waals surface area contributed by atoms with Crippen LogP contribution in [0, 0.1) is 0 Å². The van der Waals surface area contributed by atoms with Crippen LogP contribution in [0.1, 0.15) is 0 Å². The number of aromatic nitrogens is 2. The van der Waals surface area contributed by atoms with Crippen LogP contribution < -0.4 is 10.5 Å². The standard InChI is InChI=1S/C12H6Cl3N3O2/c13-5-3-7(15)10(4-6(5)14)19-9-2-1-8(16)11-12(9)18-20-17-11/h1-4H,16H2. The van der Waals surface area contributed by atoms with Gasteiger partial charge in [0.2, 0.25) is 0 Å². The number of anilines is 1. The van der Waals surface area contributed by atoms with Crippen molar-refractivity contribution >= 4 is 51.5 Å². The maximum Gasteiger partial charge on any atom is 0.179 e. The van der Waals surface area contributed by atoms with Crippen molar-refractivity contribution in [1.29, 1.82) is 0 Å². The fourth-order valence-corrected chi connectivity index (χ4v) is 2.22. The lowest BCUT2D eigenvalue weighted by Crippen LogP contribution is -1.91. The second kappa shape index (κ2) is 5.01. The first kappa shape index (κ1) is 13.3. The normalized spacial score (nSPS) is 10.9. The Morgan fingerprint density at radius 3 is 2.40 bits per heavy atom. The highest BCUT2D eigenvalue weighted by Gasteiger charge is 2.14. The smallest absolute Gasteiger partial charge is 0.179 e. The Hall–Kier alpha value is -1.69. The average molecular weight is 331 g/mol. The van der Waals surface area contributed by atoms with E-state index in [1.54, 1.807) is 12.1 Å². The van der Waals surface area contributed by atoms with Crippen LogP contribution in [0.4, 0.5) is 5.69 Å². The largest absolute Gasteiger partial charge is 0.453 e. The number of nitrogen functional groups attached to an aromatic ring is 1. The molecule has 2 N–H and O–H groups in total. The van der Waals surface area contributed by atoms with E-state index in [2.05, 4.69) is 14.9 Å². The van der Waals surface area contributed by atoms with Crippen molar-refractivity contribution in [3.63, 3.8) is 0 Å². The SMILES string of the molecule is Nc1ccc(Oc2cc(Cl)c(Cl)cc2Cl)c2nonc12. The van der Waals surface area contributed by atoms with Crippen molar-refractivity contribution in [2.75, 3.05) is 5.73 Å². The third-order valence-corrected chi connectivity index (χ3v) is 3.62. The fourth-order valence-electron chi connectivity index (χ4n) is 1.65. The van der Waals surface area contributed by atoms with Crippen molar-refractivity contribution in [2.24, 2.45) is 0 Å². The van der Waals surface area contributed by atoms with Crippen LogP contribution in [-0.4, -0.2) is 10.3 Å². The van der Waals surface area contributed by atoms with Crippen LogP contribution >= 0.6 is 34.8 Å². The van der Waals surface area contributed by atoms with Crippen LogP contribution in [0.5, 0.6) is 11.5 Å². The molecule has 2 aromatic carbocycles. The van der Waals surface area contributed by atoms with Gasteiger partial charge in [0.25, 0.3) is 0 Å². The van der Waals surface area contributed by atoms with Crippen LogP contribution in [0.15, 0.2) is 28.9 Å². The van der Waals surface area contributed by atoms with Gasteiger partial charge in [0, 0.05) is 6.07 Å². The quantitative estimate of drug-likeness (QED) is 0.551. The summed E-state index contributed by atoms with van der Waals surface area (Å²) >= 11 is 17.9. The van der Waals surface area contributed by atoms with Crippen LogP contribution in [0.25, 0.3) is 11.0 Å². The molecule has 0 radical (unpaired) electrons. The molecule has 1 heterocycles. The summed E-state index contributed by atoms with van der Waals surface area (Å²) in [6, 6.07) is 6.28. The number of nitrogens with zero attached hydrogens (tertiary/aromatic N) is 2. The Morgan fingerprint density at radius 1 is 0.900 bits per heavy atom. The third-order valence-electron chi connectivity index (χ3n) is 2.60. The molecule has 0 bridgehead atoms. The molecule has 0 unspecified atom stereocenters. The van der Waals surface area contributed by atoms with Crippen molar-refractivity contribution in [3.05, 3.63) is 39.3 Å². The van der Waals surface area contributed by atoms with E-state index in [4.69, 9.17) is 45.3 Å². The summed E-state index contributed by atoms with van der Waals surface area (Å²) in [7, 11) is 0.